The maximum atomic E-state index is 12.1. The third-order valence-electron chi connectivity index (χ3n) is 2.70. The molecule has 6 heteroatoms. The van der Waals surface area contributed by atoms with Crippen LogP contribution in [-0.2, 0) is 9.47 Å². The molecule has 0 aliphatic carbocycles. The van der Waals surface area contributed by atoms with Crippen molar-refractivity contribution in [1.29, 1.82) is 0 Å². The summed E-state index contributed by atoms with van der Waals surface area (Å²) < 4.78 is 38.7. The van der Waals surface area contributed by atoms with Crippen molar-refractivity contribution in [2.45, 2.75) is 25.9 Å². The van der Waals surface area contributed by atoms with E-state index in [0.717, 1.165) is 5.56 Å². The van der Waals surface area contributed by atoms with Crippen molar-refractivity contribution >= 4 is 0 Å². The minimum atomic E-state index is -2.81. The third kappa shape index (κ3) is 5.50. The molecule has 0 bridgehead atoms. The molecule has 1 aromatic carbocycles. The fraction of sp³-hybridized carbons (Fsp3) is 0.538. The summed E-state index contributed by atoms with van der Waals surface area (Å²) in [6.45, 7) is -0.400. The summed E-state index contributed by atoms with van der Waals surface area (Å²) >= 11 is 0. The van der Waals surface area contributed by atoms with Gasteiger partial charge in [-0.25, -0.2) is 0 Å². The third-order valence-corrected chi connectivity index (χ3v) is 2.70. The Morgan fingerprint density at radius 1 is 1.21 bits per heavy atom. The van der Waals surface area contributed by atoms with Gasteiger partial charge in [-0.05, 0) is 24.6 Å². The van der Waals surface area contributed by atoms with Crippen LogP contribution in [0.2, 0.25) is 0 Å². The van der Waals surface area contributed by atoms with Crippen LogP contribution in [0.25, 0.3) is 0 Å². The zero-order chi connectivity index (χ0) is 14.3. The van der Waals surface area contributed by atoms with Crippen molar-refractivity contribution < 1.29 is 23.0 Å². The molecule has 0 aromatic heterocycles. The van der Waals surface area contributed by atoms with Gasteiger partial charge in [0, 0.05) is 26.8 Å². The maximum absolute atomic E-state index is 12.1. The van der Waals surface area contributed by atoms with Crippen LogP contribution in [0.1, 0.15) is 18.5 Å². The molecule has 1 aromatic rings. The van der Waals surface area contributed by atoms with Crippen molar-refractivity contribution in [1.82, 2.24) is 5.32 Å². The number of alkyl halides is 2. The molecule has 0 radical (unpaired) electrons. The van der Waals surface area contributed by atoms with E-state index in [4.69, 9.17) is 9.47 Å². The molecule has 0 fully saturated rings. The van der Waals surface area contributed by atoms with Gasteiger partial charge in [0.25, 0.3) is 0 Å². The van der Waals surface area contributed by atoms with Gasteiger partial charge < -0.3 is 19.5 Å². The molecular formula is C13H19F2NO3. The topological polar surface area (TPSA) is 39.7 Å². The van der Waals surface area contributed by atoms with E-state index in [2.05, 4.69) is 10.1 Å². The lowest BCUT2D eigenvalue weighted by atomic mass is 10.1. The molecule has 108 valence electrons. The van der Waals surface area contributed by atoms with E-state index in [-0.39, 0.29) is 18.1 Å². The Morgan fingerprint density at radius 2 is 1.89 bits per heavy atom. The second kappa shape index (κ2) is 8.04. The molecule has 1 N–H and O–H groups in total. The Labute approximate surface area is 111 Å². The van der Waals surface area contributed by atoms with Crippen LogP contribution in [0.15, 0.2) is 24.3 Å². The van der Waals surface area contributed by atoms with Gasteiger partial charge in [-0.1, -0.05) is 12.1 Å². The van der Waals surface area contributed by atoms with Gasteiger partial charge >= 0.3 is 6.61 Å². The molecule has 0 spiro atoms. The second-order valence-corrected chi connectivity index (χ2v) is 3.98. The number of halogens is 2. The molecule has 1 unspecified atom stereocenters. The molecule has 4 nitrogen and oxygen atoms in total. The molecule has 1 atom stereocenters. The van der Waals surface area contributed by atoms with Crippen molar-refractivity contribution in [3.8, 4) is 5.75 Å². The average Bonchev–Trinajstić information content (AvgIpc) is 2.39. The summed E-state index contributed by atoms with van der Waals surface area (Å²) in [5.74, 6) is 0.149. The summed E-state index contributed by atoms with van der Waals surface area (Å²) in [6, 6.07) is 6.56. The van der Waals surface area contributed by atoms with Crippen molar-refractivity contribution in [2.75, 3.05) is 20.8 Å². The SMILES string of the molecule is COC(CNC(C)c1cccc(OC(F)F)c1)OC. The highest BCUT2D eigenvalue weighted by molar-refractivity contribution is 5.30. The molecule has 0 saturated carbocycles. The quantitative estimate of drug-likeness (QED) is 0.740. The van der Waals surface area contributed by atoms with Gasteiger partial charge in [0.2, 0.25) is 0 Å². The fourth-order valence-electron chi connectivity index (χ4n) is 1.61. The second-order valence-electron chi connectivity index (χ2n) is 3.98. The number of hydrogen-bond acceptors (Lipinski definition) is 4. The molecular weight excluding hydrogens is 256 g/mol. The lowest BCUT2D eigenvalue weighted by molar-refractivity contribution is -0.0997. The summed E-state index contributed by atoms with van der Waals surface area (Å²) in [5.41, 5.74) is 0.851. The maximum Gasteiger partial charge on any atom is 0.387 e. The van der Waals surface area contributed by atoms with E-state index >= 15 is 0 Å². The summed E-state index contributed by atoms with van der Waals surface area (Å²) in [4.78, 5) is 0. The highest BCUT2D eigenvalue weighted by Gasteiger charge is 2.11. The van der Waals surface area contributed by atoms with Crippen LogP contribution >= 0.6 is 0 Å². The summed E-state index contributed by atoms with van der Waals surface area (Å²) in [5, 5.41) is 3.19. The minimum absolute atomic E-state index is 0.0333. The van der Waals surface area contributed by atoms with E-state index in [9.17, 15) is 8.78 Å². The van der Waals surface area contributed by atoms with E-state index in [0.29, 0.717) is 6.54 Å². The van der Waals surface area contributed by atoms with Crippen molar-refractivity contribution in [3.05, 3.63) is 29.8 Å². The summed E-state index contributed by atoms with van der Waals surface area (Å²) in [7, 11) is 3.11. The zero-order valence-corrected chi connectivity index (χ0v) is 11.2. The molecule has 19 heavy (non-hydrogen) atoms. The first-order chi connectivity index (χ1) is 9.06. The first-order valence-corrected chi connectivity index (χ1v) is 5.90. The average molecular weight is 275 g/mol. The number of hydrogen-bond donors (Lipinski definition) is 1. The van der Waals surface area contributed by atoms with Crippen LogP contribution < -0.4 is 10.1 Å². The van der Waals surface area contributed by atoms with Gasteiger partial charge in [0.15, 0.2) is 6.29 Å². The van der Waals surface area contributed by atoms with Gasteiger partial charge in [0.05, 0.1) is 0 Å². The number of rotatable bonds is 8. The fourth-order valence-corrected chi connectivity index (χ4v) is 1.61. The first kappa shape index (κ1) is 15.8. The van der Waals surface area contributed by atoms with Crippen LogP contribution in [0, 0.1) is 0 Å². The number of methoxy groups -OCH3 is 2. The Balaban J connectivity index is 2.58. The molecule has 0 aliphatic heterocycles. The Hall–Kier alpha value is -1.24. The highest BCUT2D eigenvalue weighted by atomic mass is 19.3. The number of ether oxygens (including phenoxy) is 3. The monoisotopic (exact) mass is 275 g/mol. The Morgan fingerprint density at radius 3 is 2.47 bits per heavy atom. The van der Waals surface area contributed by atoms with E-state index in [1.54, 1.807) is 26.4 Å². The Kier molecular flexibility index (Phi) is 6.69. The van der Waals surface area contributed by atoms with Crippen molar-refractivity contribution in [3.63, 3.8) is 0 Å². The lowest BCUT2D eigenvalue weighted by Crippen LogP contribution is -2.31. The van der Waals surface area contributed by atoms with Crippen LogP contribution in [0.5, 0.6) is 5.75 Å². The molecule has 0 heterocycles. The number of benzene rings is 1. The van der Waals surface area contributed by atoms with E-state index < -0.39 is 6.61 Å². The zero-order valence-electron chi connectivity index (χ0n) is 11.2. The van der Waals surface area contributed by atoms with Gasteiger partial charge in [0.1, 0.15) is 5.75 Å². The van der Waals surface area contributed by atoms with E-state index in [1.165, 1.54) is 6.07 Å². The van der Waals surface area contributed by atoms with Crippen LogP contribution in [0.4, 0.5) is 8.78 Å². The predicted octanol–water partition coefficient (Wildman–Crippen LogP) is 2.56. The predicted molar refractivity (Wildman–Crippen MR) is 67.3 cm³/mol. The standard InChI is InChI=1S/C13H19F2NO3/c1-9(16-8-12(17-2)18-3)10-5-4-6-11(7-10)19-13(14)15/h4-7,9,12-13,16H,8H2,1-3H3. The molecule has 0 saturated heterocycles. The van der Waals surface area contributed by atoms with Gasteiger partial charge in [-0.15, -0.1) is 0 Å². The smallest absolute Gasteiger partial charge is 0.387 e. The Bertz CT molecular complexity index is 373. The van der Waals surface area contributed by atoms with Crippen LogP contribution in [-0.4, -0.2) is 33.7 Å². The lowest BCUT2D eigenvalue weighted by Gasteiger charge is -2.19. The highest BCUT2D eigenvalue weighted by Crippen LogP contribution is 2.20. The van der Waals surface area contributed by atoms with Crippen LogP contribution in [0.3, 0.4) is 0 Å². The summed E-state index contributed by atoms with van der Waals surface area (Å²) in [6.07, 6.45) is -0.344. The largest absolute Gasteiger partial charge is 0.435 e. The first-order valence-electron chi connectivity index (χ1n) is 5.90. The molecule has 1 rings (SSSR count). The van der Waals surface area contributed by atoms with Gasteiger partial charge in [-0.2, -0.15) is 8.78 Å². The molecule has 0 amide bonds. The van der Waals surface area contributed by atoms with E-state index in [1.807, 2.05) is 13.0 Å². The minimum Gasteiger partial charge on any atom is -0.435 e. The van der Waals surface area contributed by atoms with Gasteiger partial charge in [-0.3, -0.25) is 0 Å². The van der Waals surface area contributed by atoms with Crippen molar-refractivity contribution in [2.24, 2.45) is 0 Å². The number of nitrogens with one attached hydrogen (secondary N) is 1. The normalized spacial score (nSPS) is 13.0. The molecule has 0 aliphatic rings.